The van der Waals surface area contributed by atoms with Gasteiger partial charge in [-0.2, -0.15) is 0 Å². The summed E-state index contributed by atoms with van der Waals surface area (Å²) in [6.45, 7) is 2.75. The Hall–Kier alpha value is -3.31. The zero-order valence-corrected chi connectivity index (χ0v) is 20.4. The number of rotatable bonds is 11. The smallest absolute Gasteiger partial charge is 0.247 e. The molecule has 0 saturated carbocycles. The second-order valence-corrected chi connectivity index (χ2v) is 8.54. The van der Waals surface area contributed by atoms with E-state index in [2.05, 4.69) is 5.32 Å². The Morgan fingerprint density at radius 1 is 0.941 bits per heavy atom. The molecule has 178 valence electrons. The standard InChI is InChI=1S/C28H31ClN2O3/c1-3-7-26(32)31(20-22-10-14-24(29)15-11-22)27(23-8-5-4-6-9-23)28(33)30-19-18-21-12-16-25(34-2)17-13-21/h4-6,8-17,27H,3,7,18-20H2,1-2H3,(H,30,33). The molecule has 1 unspecified atom stereocenters. The topological polar surface area (TPSA) is 58.6 Å². The van der Waals surface area contributed by atoms with Crippen molar-refractivity contribution in [2.75, 3.05) is 13.7 Å². The molecule has 0 radical (unpaired) electrons. The van der Waals surface area contributed by atoms with Gasteiger partial charge in [0.2, 0.25) is 11.8 Å². The van der Waals surface area contributed by atoms with Gasteiger partial charge in [-0.15, -0.1) is 0 Å². The first kappa shape index (κ1) is 25.3. The van der Waals surface area contributed by atoms with Crippen LogP contribution >= 0.6 is 11.6 Å². The lowest BCUT2D eigenvalue weighted by molar-refractivity contribution is -0.141. The molecular weight excluding hydrogens is 448 g/mol. The van der Waals surface area contributed by atoms with E-state index in [9.17, 15) is 9.59 Å². The van der Waals surface area contributed by atoms with Crippen LogP contribution in [0.2, 0.25) is 5.02 Å². The van der Waals surface area contributed by atoms with Gasteiger partial charge in [-0.3, -0.25) is 9.59 Å². The molecule has 0 aliphatic heterocycles. The van der Waals surface area contributed by atoms with Gasteiger partial charge in [0.25, 0.3) is 0 Å². The van der Waals surface area contributed by atoms with Crippen LogP contribution in [0.5, 0.6) is 5.75 Å². The van der Waals surface area contributed by atoms with Crippen LogP contribution in [0.25, 0.3) is 0 Å². The SMILES string of the molecule is CCCC(=O)N(Cc1ccc(Cl)cc1)C(C(=O)NCCc1ccc(OC)cc1)c1ccccc1. The van der Waals surface area contributed by atoms with E-state index in [1.165, 1.54) is 0 Å². The second kappa shape index (κ2) is 12.8. The van der Waals surface area contributed by atoms with Crippen molar-refractivity contribution < 1.29 is 14.3 Å². The van der Waals surface area contributed by atoms with Crippen molar-refractivity contribution in [1.29, 1.82) is 0 Å². The quantitative estimate of drug-likeness (QED) is 0.391. The first-order valence-corrected chi connectivity index (χ1v) is 11.9. The summed E-state index contributed by atoms with van der Waals surface area (Å²) in [5.74, 6) is 0.541. The Morgan fingerprint density at radius 2 is 1.59 bits per heavy atom. The molecule has 3 aromatic rings. The third-order valence-electron chi connectivity index (χ3n) is 5.60. The molecule has 0 aliphatic carbocycles. The Kier molecular flexibility index (Phi) is 9.53. The predicted molar refractivity (Wildman–Crippen MR) is 136 cm³/mol. The maximum atomic E-state index is 13.5. The molecule has 5 nitrogen and oxygen atoms in total. The molecule has 3 rings (SSSR count). The van der Waals surface area contributed by atoms with Crippen LogP contribution in [0.3, 0.4) is 0 Å². The van der Waals surface area contributed by atoms with Gasteiger partial charge in [-0.1, -0.05) is 73.1 Å². The van der Waals surface area contributed by atoms with Gasteiger partial charge in [-0.25, -0.2) is 0 Å². The number of ether oxygens (including phenoxy) is 1. The fraction of sp³-hybridized carbons (Fsp3) is 0.286. The van der Waals surface area contributed by atoms with Gasteiger partial charge in [0.05, 0.1) is 7.11 Å². The van der Waals surface area contributed by atoms with Gasteiger partial charge in [-0.05, 0) is 53.8 Å². The summed E-state index contributed by atoms with van der Waals surface area (Å²) in [6.07, 6.45) is 1.75. The molecular formula is C28H31ClN2O3. The zero-order chi connectivity index (χ0) is 24.3. The van der Waals surface area contributed by atoms with Crippen LogP contribution in [0.4, 0.5) is 0 Å². The summed E-state index contributed by atoms with van der Waals surface area (Å²) in [5, 5.41) is 3.68. The number of carbonyl (C=O) groups is 2. The summed E-state index contributed by atoms with van der Waals surface area (Å²) in [6, 6.07) is 23.9. The molecule has 0 spiro atoms. The number of hydrogen-bond acceptors (Lipinski definition) is 3. The largest absolute Gasteiger partial charge is 0.497 e. The molecule has 0 bridgehead atoms. The summed E-state index contributed by atoms with van der Waals surface area (Å²) >= 11 is 6.04. The molecule has 3 aromatic carbocycles. The normalized spacial score (nSPS) is 11.5. The van der Waals surface area contributed by atoms with E-state index in [4.69, 9.17) is 16.3 Å². The minimum absolute atomic E-state index is 0.0587. The van der Waals surface area contributed by atoms with E-state index in [0.29, 0.717) is 37.4 Å². The monoisotopic (exact) mass is 478 g/mol. The summed E-state index contributed by atoms with van der Waals surface area (Å²) in [7, 11) is 1.63. The Labute approximate surface area is 206 Å². The van der Waals surface area contributed by atoms with Gasteiger partial charge < -0.3 is 15.0 Å². The molecule has 0 aliphatic rings. The lowest BCUT2D eigenvalue weighted by Crippen LogP contribution is -2.43. The molecule has 34 heavy (non-hydrogen) atoms. The van der Waals surface area contributed by atoms with E-state index < -0.39 is 6.04 Å². The third kappa shape index (κ3) is 7.09. The third-order valence-corrected chi connectivity index (χ3v) is 5.85. The predicted octanol–water partition coefficient (Wildman–Crippen LogP) is 5.58. The fourth-order valence-corrected chi connectivity index (χ4v) is 3.92. The van der Waals surface area contributed by atoms with Crippen LogP contribution in [0, 0.1) is 0 Å². The highest BCUT2D eigenvalue weighted by Gasteiger charge is 2.30. The number of carbonyl (C=O) groups excluding carboxylic acids is 2. The second-order valence-electron chi connectivity index (χ2n) is 8.10. The highest BCUT2D eigenvalue weighted by atomic mass is 35.5. The van der Waals surface area contributed by atoms with Crippen LogP contribution in [-0.2, 0) is 22.6 Å². The van der Waals surface area contributed by atoms with Crippen LogP contribution in [-0.4, -0.2) is 30.4 Å². The van der Waals surface area contributed by atoms with Crippen LogP contribution in [0.15, 0.2) is 78.9 Å². The average Bonchev–Trinajstić information content (AvgIpc) is 2.86. The number of halogens is 1. The molecule has 0 aromatic heterocycles. The maximum absolute atomic E-state index is 13.5. The van der Waals surface area contributed by atoms with Gasteiger partial charge in [0, 0.05) is 24.5 Å². The average molecular weight is 479 g/mol. The van der Waals surface area contributed by atoms with Gasteiger partial charge in [0.1, 0.15) is 11.8 Å². The number of hydrogen-bond donors (Lipinski definition) is 1. The lowest BCUT2D eigenvalue weighted by atomic mass is 10.0. The van der Waals surface area contributed by atoms with E-state index in [0.717, 1.165) is 22.4 Å². The Bertz CT molecular complexity index is 1050. The van der Waals surface area contributed by atoms with Crippen molar-refractivity contribution in [1.82, 2.24) is 10.2 Å². The van der Waals surface area contributed by atoms with Crippen molar-refractivity contribution in [2.45, 2.75) is 38.8 Å². The molecule has 0 saturated heterocycles. The molecule has 0 fully saturated rings. The maximum Gasteiger partial charge on any atom is 0.247 e. The van der Waals surface area contributed by atoms with E-state index in [1.54, 1.807) is 24.1 Å². The number of nitrogens with one attached hydrogen (secondary N) is 1. The minimum Gasteiger partial charge on any atom is -0.497 e. The van der Waals surface area contributed by atoms with Crippen molar-refractivity contribution in [3.8, 4) is 5.75 Å². The highest BCUT2D eigenvalue weighted by molar-refractivity contribution is 6.30. The van der Waals surface area contributed by atoms with Crippen LogP contribution in [0.1, 0.15) is 42.5 Å². The van der Waals surface area contributed by atoms with E-state index in [-0.39, 0.29) is 11.8 Å². The van der Waals surface area contributed by atoms with Crippen LogP contribution < -0.4 is 10.1 Å². The lowest BCUT2D eigenvalue weighted by Gasteiger charge is -2.31. The first-order chi connectivity index (χ1) is 16.5. The van der Waals surface area contributed by atoms with Gasteiger partial charge >= 0.3 is 0 Å². The fourth-order valence-electron chi connectivity index (χ4n) is 3.79. The van der Waals surface area contributed by atoms with E-state index in [1.807, 2.05) is 73.7 Å². The number of nitrogens with zero attached hydrogens (tertiary/aromatic N) is 1. The van der Waals surface area contributed by atoms with Crippen molar-refractivity contribution >= 4 is 23.4 Å². The molecule has 0 heterocycles. The van der Waals surface area contributed by atoms with Crippen molar-refractivity contribution in [3.63, 3.8) is 0 Å². The summed E-state index contributed by atoms with van der Waals surface area (Å²) in [4.78, 5) is 28.4. The number of methoxy groups -OCH3 is 1. The molecule has 1 atom stereocenters. The highest BCUT2D eigenvalue weighted by Crippen LogP contribution is 2.25. The number of amides is 2. The minimum atomic E-state index is -0.730. The zero-order valence-electron chi connectivity index (χ0n) is 19.7. The van der Waals surface area contributed by atoms with Gasteiger partial charge in [0.15, 0.2) is 0 Å². The van der Waals surface area contributed by atoms with Crippen molar-refractivity contribution in [2.24, 2.45) is 0 Å². The number of benzene rings is 3. The summed E-state index contributed by atoms with van der Waals surface area (Å²) in [5.41, 5.74) is 2.79. The molecule has 2 amide bonds. The first-order valence-electron chi connectivity index (χ1n) is 11.5. The van der Waals surface area contributed by atoms with Crippen molar-refractivity contribution in [3.05, 3.63) is 101 Å². The Morgan fingerprint density at radius 3 is 2.21 bits per heavy atom. The summed E-state index contributed by atoms with van der Waals surface area (Å²) < 4.78 is 5.20. The van der Waals surface area contributed by atoms with E-state index >= 15 is 0 Å². The molecule has 6 heteroatoms. The Balaban J connectivity index is 1.81. The molecule has 1 N–H and O–H groups in total.